The Morgan fingerprint density at radius 1 is 1.24 bits per heavy atom. The summed E-state index contributed by atoms with van der Waals surface area (Å²) in [6, 6.07) is 6.02. The second-order valence-electron chi connectivity index (χ2n) is 4.58. The molecule has 0 radical (unpaired) electrons. The molecule has 7 heteroatoms. The number of hydrogen-bond donors (Lipinski definition) is 1. The molecule has 0 aliphatic rings. The molecule has 0 aromatic carbocycles. The largest absolute Gasteiger partial charge is 0.340 e. The topological polar surface area (TPSA) is 67.3 Å². The third-order valence-electron chi connectivity index (χ3n) is 3.14. The van der Waals surface area contributed by atoms with Crippen molar-refractivity contribution in [2.45, 2.75) is 10.8 Å². The predicted molar refractivity (Wildman–Crippen MR) is 85.9 cm³/mol. The zero-order valence-corrected chi connectivity index (χ0v) is 12.8. The summed E-state index contributed by atoms with van der Waals surface area (Å²) in [6.07, 6.45) is 6.36. The van der Waals surface area contributed by atoms with Crippen LogP contribution >= 0.6 is 23.1 Å². The van der Waals surface area contributed by atoms with Gasteiger partial charge in [-0.15, -0.1) is 11.3 Å². The van der Waals surface area contributed by atoms with E-state index in [1.165, 1.54) is 0 Å². The Kier molecular flexibility index (Phi) is 3.08. The van der Waals surface area contributed by atoms with Crippen LogP contribution in [-0.4, -0.2) is 31.2 Å². The normalized spacial score (nSPS) is 11.5. The van der Waals surface area contributed by atoms with Crippen LogP contribution in [0.1, 0.15) is 11.4 Å². The van der Waals surface area contributed by atoms with Crippen molar-refractivity contribution in [2.24, 2.45) is 0 Å². The summed E-state index contributed by atoms with van der Waals surface area (Å²) in [4.78, 5) is 20.9. The van der Waals surface area contributed by atoms with Gasteiger partial charge in [0.1, 0.15) is 5.82 Å². The lowest BCUT2D eigenvalue weighted by Crippen LogP contribution is -1.91. The first kappa shape index (κ1) is 12.7. The fraction of sp³-hybridized carbons (Fsp3) is 0.143. The van der Waals surface area contributed by atoms with Crippen molar-refractivity contribution in [1.29, 1.82) is 0 Å². The summed E-state index contributed by atoms with van der Waals surface area (Å²) in [5.41, 5.74) is 3.66. The van der Waals surface area contributed by atoms with E-state index >= 15 is 0 Å². The van der Waals surface area contributed by atoms with Gasteiger partial charge in [-0.2, -0.15) is 0 Å². The predicted octanol–water partition coefficient (Wildman–Crippen LogP) is 3.28. The van der Waals surface area contributed by atoms with Crippen LogP contribution in [0.4, 0.5) is 0 Å². The maximum absolute atomic E-state index is 4.50. The van der Waals surface area contributed by atoms with Gasteiger partial charge < -0.3 is 4.98 Å². The van der Waals surface area contributed by atoms with Gasteiger partial charge in [0.05, 0.1) is 10.2 Å². The van der Waals surface area contributed by atoms with Crippen LogP contribution in [0, 0.1) is 0 Å². The molecule has 0 bridgehead atoms. The third kappa shape index (κ3) is 2.38. The minimum absolute atomic E-state index is 0.714. The molecule has 0 amide bonds. The number of nitrogens with zero attached hydrogens (tertiary/aromatic N) is 4. The molecule has 0 aliphatic heterocycles. The van der Waals surface area contributed by atoms with Crippen molar-refractivity contribution in [1.82, 2.24) is 24.9 Å². The number of thioether (sulfide) groups is 1. The Labute approximate surface area is 128 Å². The summed E-state index contributed by atoms with van der Waals surface area (Å²) >= 11 is 3.32. The molecule has 1 N–H and O–H groups in total. The van der Waals surface area contributed by atoms with Crippen LogP contribution in [-0.2, 0) is 6.42 Å². The number of H-pyrrole nitrogens is 1. The van der Waals surface area contributed by atoms with E-state index in [1.54, 1.807) is 29.3 Å². The Hall–Kier alpha value is -1.99. The first-order chi connectivity index (χ1) is 10.3. The first-order valence-corrected chi connectivity index (χ1v) is 8.45. The molecule has 0 fully saturated rings. The number of pyridine rings is 2. The Morgan fingerprint density at radius 2 is 2.19 bits per heavy atom. The summed E-state index contributed by atoms with van der Waals surface area (Å²) in [5, 5.41) is 0. The van der Waals surface area contributed by atoms with E-state index < -0.39 is 0 Å². The zero-order chi connectivity index (χ0) is 14.2. The molecule has 0 spiro atoms. The zero-order valence-electron chi connectivity index (χ0n) is 11.2. The fourth-order valence-corrected chi connectivity index (χ4v) is 3.70. The molecule has 4 aromatic heterocycles. The molecule has 21 heavy (non-hydrogen) atoms. The molecule has 0 saturated carbocycles. The number of aromatic nitrogens is 5. The number of rotatable bonds is 3. The van der Waals surface area contributed by atoms with E-state index in [0.717, 1.165) is 37.2 Å². The van der Waals surface area contributed by atoms with Crippen molar-refractivity contribution in [3.63, 3.8) is 0 Å². The van der Waals surface area contributed by atoms with Crippen molar-refractivity contribution < 1.29 is 0 Å². The number of imidazole rings is 1. The molecule has 0 aliphatic carbocycles. The molecule has 4 rings (SSSR count). The van der Waals surface area contributed by atoms with E-state index in [-0.39, 0.29) is 0 Å². The van der Waals surface area contributed by atoms with Crippen molar-refractivity contribution in [2.75, 3.05) is 6.26 Å². The Bertz CT molecular complexity index is 894. The van der Waals surface area contributed by atoms with Gasteiger partial charge >= 0.3 is 0 Å². The van der Waals surface area contributed by atoms with Gasteiger partial charge in [0.25, 0.3) is 0 Å². The van der Waals surface area contributed by atoms with E-state index in [2.05, 4.69) is 31.0 Å². The Balaban J connectivity index is 1.69. The van der Waals surface area contributed by atoms with Crippen LogP contribution in [0.2, 0.25) is 0 Å². The summed E-state index contributed by atoms with van der Waals surface area (Å²) < 4.78 is 2.16. The molecule has 0 atom stereocenters. The Morgan fingerprint density at radius 3 is 3.05 bits per heavy atom. The van der Waals surface area contributed by atoms with E-state index in [9.17, 15) is 0 Å². The van der Waals surface area contributed by atoms with E-state index in [0.29, 0.717) is 6.42 Å². The first-order valence-electron chi connectivity index (χ1n) is 6.41. The molecule has 104 valence electrons. The van der Waals surface area contributed by atoms with E-state index in [4.69, 9.17) is 0 Å². The SMILES string of the molecule is CSc1nc2ncc(Cc3nc4ncccc4[nH]3)cc2s1. The molecule has 5 nitrogen and oxygen atoms in total. The van der Waals surface area contributed by atoms with Gasteiger partial charge in [-0.25, -0.2) is 19.9 Å². The van der Waals surface area contributed by atoms with Gasteiger partial charge in [-0.1, -0.05) is 11.8 Å². The number of aromatic amines is 1. The van der Waals surface area contributed by atoms with Crippen molar-refractivity contribution in [3.8, 4) is 0 Å². The van der Waals surface area contributed by atoms with Gasteiger partial charge in [0.15, 0.2) is 15.6 Å². The van der Waals surface area contributed by atoms with Crippen molar-refractivity contribution >= 4 is 44.6 Å². The fourth-order valence-electron chi connectivity index (χ4n) is 2.20. The van der Waals surface area contributed by atoms with Gasteiger partial charge in [-0.3, -0.25) is 0 Å². The maximum atomic E-state index is 4.50. The highest BCUT2D eigenvalue weighted by Crippen LogP contribution is 2.27. The van der Waals surface area contributed by atoms with Crippen LogP contribution in [0.15, 0.2) is 34.9 Å². The lowest BCUT2D eigenvalue weighted by atomic mass is 10.2. The minimum atomic E-state index is 0.714. The van der Waals surface area contributed by atoms with Gasteiger partial charge in [0.2, 0.25) is 0 Å². The lowest BCUT2D eigenvalue weighted by molar-refractivity contribution is 1.03. The van der Waals surface area contributed by atoms with E-state index in [1.807, 2.05) is 24.6 Å². The summed E-state index contributed by atoms with van der Waals surface area (Å²) in [5.74, 6) is 0.902. The van der Waals surface area contributed by atoms with Crippen LogP contribution in [0.25, 0.3) is 21.5 Å². The maximum Gasteiger partial charge on any atom is 0.177 e. The average molecular weight is 313 g/mol. The van der Waals surface area contributed by atoms with Crippen LogP contribution in [0.3, 0.4) is 0 Å². The highest BCUT2D eigenvalue weighted by atomic mass is 32.2. The molecule has 0 saturated heterocycles. The smallest absolute Gasteiger partial charge is 0.177 e. The second kappa shape index (κ2) is 5.09. The lowest BCUT2D eigenvalue weighted by Gasteiger charge is -1.97. The second-order valence-corrected chi connectivity index (χ2v) is 6.67. The minimum Gasteiger partial charge on any atom is -0.340 e. The van der Waals surface area contributed by atoms with Gasteiger partial charge in [0, 0.05) is 18.8 Å². The third-order valence-corrected chi connectivity index (χ3v) is 5.11. The summed E-state index contributed by atoms with van der Waals surface area (Å²) in [7, 11) is 0. The highest BCUT2D eigenvalue weighted by molar-refractivity contribution is 8.00. The van der Waals surface area contributed by atoms with Gasteiger partial charge in [-0.05, 0) is 30.0 Å². The number of thiazole rings is 1. The summed E-state index contributed by atoms with van der Waals surface area (Å²) in [6.45, 7) is 0. The molecule has 4 aromatic rings. The van der Waals surface area contributed by atoms with Crippen LogP contribution in [0.5, 0.6) is 0 Å². The highest BCUT2D eigenvalue weighted by Gasteiger charge is 2.08. The van der Waals surface area contributed by atoms with Crippen LogP contribution < -0.4 is 0 Å². The van der Waals surface area contributed by atoms with Crippen molar-refractivity contribution in [3.05, 3.63) is 42.0 Å². The number of hydrogen-bond acceptors (Lipinski definition) is 6. The molecular formula is C14H11N5S2. The monoisotopic (exact) mass is 313 g/mol. The number of fused-ring (bicyclic) bond motifs is 2. The molecule has 4 heterocycles. The quantitative estimate of drug-likeness (QED) is 0.588. The molecular weight excluding hydrogens is 302 g/mol. The number of nitrogens with one attached hydrogen (secondary N) is 1. The standard InChI is InChI=1S/C14H11N5S2/c1-20-14-19-13-10(21-14)5-8(7-16-13)6-11-17-9-3-2-4-15-12(9)18-11/h2-5,7H,6H2,1H3,(H,15,17,18). The average Bonchev–Trinajstić information content (AvgIpc) is 3.09. The molecule has 0 unspecified atom stereocenters.